The van der Waals surface area contributed by atoms with Gasteiger partial charge in [0.1, 0.15) is 6.04 Å². The third kappa shape index (κ3) is 7.84. The van der Waals surface area contributed by atoms with E-state index in [2.05, 4.69) is 22.9 Å². The van der Waals surface area contributed by atoms with Crippen LogP contribution in [0.15, 0.2) is 84.9 Å². The first-order valence-electron chi connectivity index (χ1n) is 14.5. The van der Waals surface area contributed by atoms with Crippen LogP contribution >= 0.6 is 0 Å². The van der Waals surface area contributed by atoms with Gasteiger partial charge in [-0.3, -0.25) is 19.8 Å². The maximum Gasteiger partial charge on any atom is 0.245 e. The van der Waals surface area contributed by atoms with Gasteiger partial charge in [-0.15, -0.1) is 0 Å². The van der Waals surface area contributed by atoms with Gasteiger partial charge in [-0.2, -0.15) is 0 Å². The number of nitrogens with one attached hydrogen (secondary N) is 2. The van der Waals surface area contributed by atoms with Crippen LogP contribution in [0.2, 0.25) is 0 Å². The molecule has 0 bridgehead atoms. The SMILES string of the molecule is CN(C)NC(=O)C1(Cc2ccccc2)CCCN(C(=O)C(Cc2ccc(-c3ccccc3)cc2)NC(=O)C(C)(C)N)C1. The van der Waals surface area contributed by atoms with E-state index in [1.54, 1.807) is 37.9 Å². The summed E-state index contributed by atoms with van der Waals surface area (Å²) in [5.41, 5.74) is 11.2. The third-order valence-corrected chi connectivity index (χ3v) is 7.77. The summed E-state index contributed by atoms with van der Waals surface area (Å²) in [5, 5.41) is 4.56. The standard InChI is InChI=1S/C34H43N5O3/c1-33(2,35)31(41)36-29(22-25-16-18-28(19-17-25)27-14-9-6-10-15-27)30(40)39-21-11-20-34(24-39,32(42)37-38(3)4)23-26-12-7-5-8-13-26/h5-10,12-19,29H,11,20-24,35H2,1-4H3,(H,36,41)(H,37,42). The fourth-order valence-corrected chi connectivity index (χ4v) is 5.50. The maximum absolute atomic E-state index is 14.2. The Bertz CT molecular complexity index is 1350. The average Bonchev–Trinajstić information content (AvgIpc) is 2.97. The molecule has 0 radical (unpaired) electrons. The number of piperidine rings is 1. The highest BCUT2D eigenvalue weighted by molar-refractivity contribution is 5.92. The normalized spacial score (nSPS) is 17.9. The van der Waals surface area contributed by atoms with Crippen LogP contribution < -0.4 is 16.5 Å². The van der Waals surface area contributed by atoms with Gasteiger partial charge in [-0.25, -0.2) is 5.01 Å². The highest BCUT2D eigenvalue weighted by Crippen LogP contribution is 2.35. The molecule has 1 heterocycles. The number of carbonyl (C=O) groups is 3. The Morgan fingerprint density at radius 2 is 1.50 bits per heavy atom. The van der Waals surface area contributed by atoms with Gasteiger partial charge in [0.2, 0.25) is 17.7 Å². The van der Waals surface area contributed by atoms with Gasteiger partial charge < -0.3 is 16.0 Å². The van der Waals surface area contributed by atoms with Crippen LogP contribution in [0.1, 0.15) is 37.8 Å². The molecule has 2 unspecified atom stereocenters. The number of benzene rings is 3. The second kappa shape index (κ2) is 13.3. The topological polar surface area (TPSA) is 108 Å². The van der Waals surface area contributed by atoms with Gasteiger partial charge in [-0.05, 0) is 55.4 Å². The lowest BCUT2D eigenvalue weighted by atomic mass is 9.74. The first-order chi connectivity index (χ1) is 20.0. The summed E-state index contributed by atoms with van der Waals surface area (Å²) in [6.07, 6.45) is 2.14. The van der Waals surface area contributed by atoms with Gasteiger partial charge in [0.05, 0.1) is 11.0 Å². The minimum absolute atomic E-state index is 0.117. The molecule has 3 aromatic carbocycles. The molecular weight excluding hydrogens is 526 g/mol. The van der Waals surface area contributed by atoms with Crippen LogP contribution in [-0.2, 0) is 27.2 Å². The Balaban J connectivity index is 1.60. The summed E-state index contributed by atoms with van der Waals surface area (Å²) in [5.74, 6) is -0.733. The molecule has 8 heteroatoms. The van der Waals surface area contributed by atoms with Gasteiger partial charge in [0.25, 0.3) is 0 Å². The number of rotatable bonds is 10. The van der Waals surface area contributed by atoms with Crippen molar-refractivity contribution in [2.75, 3.05) is 27.2 Å². The number of nitrogens with zero attached hydrogens (tertiary/aromatic N) is 2. The van der Waals surface area contributed by atoms with Crippen molar-refractivity contribution in [3.8, 4) is 11.1 Å². The van der Waals surface area contributed by atoms with E-state index < -0.39 is 22.9 Å². The molecule has 1 aliphatic rings. The van der Waals surface area contributed by atoms with Crippen LogP contribution in [0.25, 0.3) is 11.1 Å². The zero-order valence-electron chi connectivity index (χ0n) is 25.1. The Morgan fingerprint density at radius 3 is 2.10 bits per heavy atom. The van der Waals surface area contributed by atoms with Crippen LogP contribution in [-0.4, -0.2) is 66.4 Å². The van der Waals surface area contributed by atoms with E-state index in [4.69, 9.17) is 5.73 Å². The van der Waals surface area contributed by atoms with Crippen LogP contribution in [0.3, 0.4) is 0 Å². The van der Waals surface area contributed by atoms with Crippen molar-refractivity contribution in [3.63, 3.8) is 0 Å². The van der Waals surface area contributed by atoms with Gasteiger partial charge >= 0.3 is 0 Å². The molecule has 3 amide bonds. The Kier molecular flexibility index (Phi) is 9.81. The number of carbonyl (C=O) groups excluding carboxylic acids is 3. The number of hydrogen-bond acceptors (Lipinski definition) is 5. The average molecular weight is 570 g/mol. The summed E-state index contributed by atoms with van der Waals surface area (Å²) in [4.78, 5) is 42.6. The molecule has 0 saturated carbocycles. The Labute approximate surface area is 249 Å². The molecule has 4 rings (SSSR count). The van der Waals surface area contributed by atoms with Crippen molar-refractivity contribution >= 4 is 17.7 Å². The monoisotopic (exact) mass is 569 g/mol. The first-order valence-corrected chi connectivity index (χ1v) is 14.5. The van der Waals surface area contributed by atoms with Crippen molar-refractivity contribution in [1.82, 2.24) is 20.7 Å². The molecule has 2 atom stereocenters. The molecular formula is C34H43N5O3. The van der Waals surface area contributed by atoms with E-state index in [0.29, 0.717) is 32.2 Å². The molecule has 1 fully saturated rings. The summed E-state index contributed by atoms with van der Waals surface area (Å²) < 4.78 is 0. The first kappa shape index (κ1) is 30.9. The Hall–Kier alpha value is -4.01. The summed E-state index contributed by atoms with van der Waals surface area (Å²) in [6.45, 7) is 4.01. The van der Waals surface area contributed by atoms with E-state index in [9.17, 15) is 14.4 Å². The lowest BCUT2D eigenvalue weighted by Gasteiger charge is -2.43. The van der Waals surface area contributed by atoms with Crippen molar-refractivity contribution in [3.05, 3.63) is 96.1 Å². The van der Waals surface area contributed by atoms with Gasteiger partial charge in [0, 0.05) is 33.6 Å². The van der Waals surface area contributed by atoms with Crippen LogP contribution in [0, 0.1) is 5.41 Å². The largest absolute Gasteiger partial charge is 0.342 e. The summed E-state index contributed by atoms with van der Waals surface area (Å²) in [6, 6.07) is 27.2. The van der Waals surface area contributed by atoms with Crippen molar-refractivity contribution < 1.29 is 14.4 Å². The van der Waals surface area contributed by atoms with E-state index in [0.717, 1.165) is 22.3 Å². The second-order valence-electron chi connectivity index (χ2n) is 12.2. The molecule has 3 aromatic rings. The van der Waals surface area contributed by atoms with Crippen molar-refractivity contribution in [1.29, 1.82) is 0 Å². The highest BCUT2D eigenvalue weighted by Gasteiger charge is 2.45. The predicted octanol–water partition coefficient (Wildman–Crippen LogP) is 3.56. The minimum atomic E-state index is -1.15. The molecule has 42 heavy (non-hydrogen) atoms. The lowest BCUT2D eigenvalue weighted by Crippen LogP contribution is -2.61. The third-order valence-electron chi connectivity index (χ3n) is 7.77. The smallest absolute Gasteiger partial charge is 0.245 e. The lowest BCUT2D eigenvalue weighted by molar-refractivity contribution is -0.146. The van der Waals surface area contributed by atoms with Gasteiger partial charge in [-0.1, -0.05) is 84.9 Å². The molecule has 0 spiro atoms. The van der Waals surface area contributed by atoms with E-state index in [1.807, 2.05) is 72.8 Å². The fourth-order valence-electron chi connectivity index (χ4n) is 5.50. The quantitative estimate of drug-likeness (QED) is 0.324. The number of amides is 3. The highest BCUT2D eigenvalue weighted by atomic mass is 16.2. The minimum Gasteiger partial charge on any atom is -0.342 e. The van der Waals surface area contributed by atoms with Crippen LogP contribution in [0.5, 0.6) is 0 Å². The number of hydrazine groups is 1. The molecule has 8 nitrogen and oxygen atoms in total. The molecule has 0 aliphatic carbocycles. The zero-order valence-corrected chi connectivity index (χ0v) is 25.1. The number of likely N-dealkylation sites (tertiary alicyclic amines) is 1. The van der Waals surface area contributed by atoms with Crippen molar-refractivity contribution in [2.24, 2.45) is 11.1 Å². The molecule has 222 valence electrons. The van der Waals surface area contributed by atoms with E-state index in [1.165, 1.54) is 0 Å². The predicted molar refractivity (Wildman–Crippen MR) is 166 cm³/mol. The molecule has 4 N–H and O–H groups in total. The fraction of sp³-hybridized carbons (Fsp3) is 0.382. The molecule has 1 saturated heterocycles. The van der Waals surface area contributed by atoms with E-state index in [-0.39, 0.29) is 18.4 Å². The van der Waals surface area contributed by atoms with E-state index >= 15 is 0 Å². The summed E-state index contributed by atoms with van der Waals surface area (Å²) >= 11 is 0. The number of hydrogen-bond donors (Lipinski definition) is 3. The Morgan fingerprint density at radius 1 is 0.905 bits per heavy atom. The van der Waals surface area contributed by atoms with Gasteiger partial charge in [0.15, 0.2) is 0 Å². The number of nitrogens with two attached hydrogens (primary N) is 1. The molecule has 0 aromatic heterocycles. The molecule has 1 aliphatic heterocycles. The second-order valence-corrected chi connectivity index (χ2v) is 12.2. The zero-order chi connectivity index (χ0) is 30.3. The summed E-state index contributed by atoms with van der Waals surface area (Å²) in [7, 11) is 3.56. The van der Waals surface area contributed by atoms with Crippen molar-refractivity contribution in [2.45, 2.75) is 51.1 Å². The van der Waals surface area contributed by atoms with Crippen LogP contribution in [0.4, 0.5) is 0 Å². The maximum atomic E-state index is 14.2.